The Morgan fingerprint density at radius 3 is 2.43 bits per heavy atom. The number of nitrogens with zero attached hydrogens (tertiary/aromatic N) is 1. The molecule has 1 spiro atoms. The van der Waals surface area contributed by atoms with E-state index < -0.39 is 11.6 Å². The zero-order valence-corrected chi connectivity index (χ0v) is 13.7. The fraction of sp³-hybridized carbons (Fsp3) is 0.875. The Morgan fingerprint density at radius 1 is 1.29 bits per heavy atom. The lowest BCUT2D eigenvalue weighted by molar-refractivity contribution is -0.159. The van der Waals surface area contributed by atoms with Crippen molar-refractivity contribution in [1.29, 1.82) is 0 Å². The molecule has 1 saturated carbocycles. The van der Waals surface area contributed by atoms with Crippen LogP contribution in [0.25, 0.3) is 0 Å². The van der Waals surface area contributed by atoms with Crippen molar-refractivity contribution in [3.8, 4) is 0 Å². The zero-order valence-electron chi connectivity index (χ0n) is 13.7. The van der Waals surface area contributed by atoms with Crippen LogP contribution in [-0.4, -0.2) is 48.6 Å². The van der Waals surface area contributed by atoms with Crippen LogP contribution in [0.2, 0.25) is 0 Å². The van der Waals surface area contributed by atoms with Gasteiger partial charge in [0.2, 0.25) is 11.8 Å². The maximum Gasteiger partial charge on any atom is 0.249 e. The fourth-order valence-corrected chi connectivity index (χ4v) is 3.68. The van der Waals surface area contributed by atoms with E-state index in [0.29, 0.717) is 13.2 Å². The Bertz CT molecular complexity index is 408. The van der Waals surface area contributed by atoms with Gasteiger partial charge in [0, 0.05) is 20.3 Å². The third-order valence-corrected chi connectivity index (χ3v) is 4.62. The lowest BCUT2D eigenvalue weighted by Gasteiger charge is -2.48. The summed E-state index contributed by atoms with van der Waals surface area (Å²) in [6, 6.07) is -0.395. The van der Waals surface area contributed by atoms with E-state index in [1.165, 1.54) is 0 Å². The van der Waals surface area contributed by atoms with Gasteiger partial charge in [0.1, 0.15) is 11.6 Å². The predicted octanol–water partition coefficient (Wildman–Crippen LogP) is 1.71. The molecular weight excluding hydrogens is 268 g/mol. The van der Waals surface area contributed by atoms with Crippen LogP contribution < -0.4 is 5.32 Å². The van der Waals surface area contributed by atoms with Crippen LogP contribution in [-0.2, 0) is 14.3 Å². The van der Waals surface area contributed by atoms with Gasteiger partial charge in [-0.05, 0) is 24.7 Å². The largest absolute Gasteiger partial charge is 0.385 e. The van der Waals surface area contributed by atoms with Crippen molar-refractivity contribution in [3.05, 3.63) is 0 Å². The summed E-state index contributed by atoms with van der Waals surface area (Å²) in [5.41, 5.74) is -0.904. The van der Waals surface area contributed by atoms with Gasteiger partial charge in [-0.2, -0.15) is 0 Å². The van der Waals surface area contributed by atoms with Crippen LogP contribution in [0.3, 0.4) is 0 Å². The van der Waals surface area contributed by atoms with Crippen LogP contribution in [0, 0.1) is 5.41 Å². The molecule has 1 atom stereocenters. The molecule has 2 aliphatic rings. The first-order chi connectivity index (χ1) is 9.82. The van der Waals surface area contributed by atoms with Crippen molar-refractivity contribution >= 4 is 11.8 Å². The van der Waals surface area contributed by atoms with Gasteiger partial charge in [0.25, 0.3) is 0 Å². The van der Waals surface area contributed by atoms with Crippen molar-refractivity contribution in [1.82, 2.24) is 10.2 Å². The molecule has 1 aliphatic heterocycles. The molecule has 5 heteroatoms. The predicted molar refractivity (Wildman–Crippen MR) is 80.8 cm³/mol. The van der Waals surface area contributed by atoms with Crippen molar-refractivity contribution in [3.63, 3.8) is 0 Å². The molecule has 0 aromatic carbocycles. The minimum atomic E-state index is -0.633. The monoisotopic (exact) mass is 296 g/mol. The highest BCUT2D eigenvalue weighted by Crippen LogP contribution is 2.38. The van der Waals surface area contributed by atoms with E-state index in [0.717, 1.165) is 32.1 Å². The molecule has 2 rings (SSSR count). The number of hydrogen-bond acceptors (Lipinski definition) is 3. The van der Waals surface area contributed by atoms with Crippen molar-refractivity contribution < 1.29 is 14.3 Å². The Balaban J connectivity index is 2.25. The standard InChI is InChI=1S/C16H28N2O3/c1-15(2,3)12-13(19)17-16(8-5-6-9-16)14(20)18(12)10-7-11-21-4/h12H,5-11H2,1-4H3,(H,17,19). The van der Waals surface area contributed by atoms with E-state index in [1.54, 1.807) is 7.11 Å². The Kier molecular flexibility index (Phi) is 4.61. The molecule has 1 aliphatic carbocycles. The third kappa shape index (κ3) is 3.07. The van der Waals surface area contributed by atoms with Gasteiger partial charge < -0.3 is 15.0 Å². The highest BCUT2D eigenvalue weighted by molar-refractivity contribution is 6.00. The number of carbonyl (C=O) groups excluding carboxylic acids is 2. The lowest BCUT2D eigenvalue weighted by Crippen LogP contribution is -2.72. The maximum absolute atomic E-state index is 13.0. The normalized spacial score (nSPS) is 25.5. The van der Waals surface area contributed by atoms with Crippen molar-refractivity contribution in [2.75, 3.05) is 20.3 Å². The van der Waals surface area contributed by atoms with Crippen LogP contribution in [0.4, 0.5) is 0 Å². The smallest absolute Gasteiger partial charge is 0.249 e. The van der Waals surface area contributed by atoms with Crippen LogP contribution >= 0.6 is 0 Å². The summed E-state index contributed by atoms with van der Waals surface area (Å²) in [6.07, 6.45) is 4.33. The second-order valence-electron chi connectivity index (χ2n) is 7.39. The molecule has 1 heterocycles. The fourth-order valence-electron chi connectivity index (χ4n) is 3.68. The quantitative estimate of drug-likeness (QED) is 0.804. The summed E-state index contributed by atoms with van der Waals surface area (Å²) in [7, 11) is 1.66. The first kappa shape index (κ1) is 16.3. The summed E-state index contributed by atoms with van der Waals surface area (Å²) in [4.78, 5) is 27.5. The minimum absolute atomic E-state index is 0.00131. The molecule has 1 unspecified atom stereocenters. The van der Waals surface area contributed by atoms with Gasteiger partial charge in [-0.15, -0.1) is 0 Å². The number of methoxy groups -OCH3 is 1. The molecular formula is C16H28N2O3. The first-order valence-corrected chi connectivity index (χ1v) is 7.94. The van der Waals surface area contributed by atoms with Gasteiger partial charge in [0.15, 0.2) is 0 Å². The summed E-state index contributed by atoms with van der Waals surface area (Å²) < 4.78 is 5.09. The van der Waals surface area contributed by atoms with Gasteiger partial charge in [0.05, 0.1) is 0 Å². The number of piperazine rings is 1. The molecule has 0 aromatic rings. The Labute approximate surface area is 127 Å². The molecule has 0 bridgehead atoms. The molecule has 5 nitrogen and oxygen atoms in total. The van der Waals surface area contributed by atoms with E-state index in [4.69, 9.17) is 4.74 Å². The molecule has 1 N–H and O–H groups in total. The topological polar surface area (TPSA) is 58.6 Å². The van der Waals surface area contributed by atoms with E-state index in [9.17, 15) is 9.59 Å². The number of rotatable bonds is 4. The molecule has 0 aromatic heterocycles. The molecule has 21 heavy (non-hydrogen) atoms. The van der Waals surface area contributed by atoms with E-state index >= 15 is 0 Å². The highest BCUT2D eigenvalue weighted by Gasteiger charge is 2.54. The summed E-state index contributed by atoms with van der Waals surface area (Å²) >= 11 is 0. The van der Waals surface area contributed by atoms with E-state index in [-0.39, 0.29) is 17.2 Å². The van der Waals surface area contributed by atoms with Gasteiger partial charge in [-0.25, -0.2) is 0 Å². The third-order valence-electron chi connectivity index (χ3n) is 4.62. The summed E-state index contributed by atoms with van der Waals surface area (Å²) in [6.45, 7) is 7.24. The maximum atomic E-state index is 13.0. The molecule has 2 fully saturated rings. The average Bonchev–Trinajstić information content (AvgIpc) is 2.83. The lowest BCUT2D eigenvalue weighted by atomic mass is 9.80. The van der Waals surface area contributed by atoms with Gasteiger partial charge >= 0.3 is 0 Å². The first-order valence-electron chi connectivity index (χ1n) is 7.94. The SMILES string of the molecule is COCCCN1C(=O)C2(CCCC2)NC(=O)C1C(C)(C)C. The van der Waals surface area contributed by atoms with Crippen molar-refractivity contribution in [2.24, 2.45) is 5.41 Å². The number of carbonyl (C=O) groups is 2. The van der Waals surface area contributed by atoms with Crippen LogP contribution in [0.15, 0.2) is 0 Å². The van der Waals surface area contributed by atoms with Crippen LogP contribution in [0.5, 0.6) is 0 Å². The Morgan fingerprint density at radius 2 is 1.90 bits per heavy atom. The average molecular weight is 296 g/mol. The van der Waals surface area contributed by atoms with E-state index in [2.05, 4.69) is 5.32 Å². The zero-order chi connectivity index (χ0) is 15.7. The number of nitrogens with one attached hydrogen (secondary N) is 1. The van der Waals surface area contributed by atoms with Gasteiger partial charge in [-0.3, -0.25) is 9.59 Å². The molecule has 0 radical (unpaired) electrons. The Hall–Kier alpha value is -1.10. The summed E-state index contributed by atoms with van der Waals surface area (Å²) in [5.74, 6) is 0.108. The number of hydrogen-bond donors (Lipinski definition) is 1. The molecule has 2 amide bonds. The van der Waals surface area contributed by atoms with Crippen LogP contribution in [0.1, 0.15) is 52.9 Å². The second-order valence-corrected chi connectivity index (χ2v) is 7.39. The molecule has 1 saturated heterocycles. The summed E-state index contributed by atoms with van der Waals surface area (Å²) in [5, 5.41) is 3.06. The number of amides is 2. The van der Waals surface area contributed by atoms with Gasteiger partial charge in [-0.1, -0.05) is 33.6 Å². The molecule has 120 valence electrons. The number of ether oxygens (including phenoxy) is 1. The highest BCUT2D eigenvalue weighted by atomic mass is 16.5. The van der Waals surface area contributed by atoms with E-state index in [1.807, 2.05) is 25.7 Å². The minimum Gasteiger partial charge on any atom is -0.385 e. The second kappa shape index (κ2) is 5.95. The van der Waals surface area contributed by atoms with Crippen molar-refractivity contribution in [2.45, 2.75) is 64.5 Å².